The first-order chi connectivity index (χ1) is 7.42. The van der Waals surface area contributed by atoms with Gasteiger partial charge in [0, 0.05) is 16.7 Å². The van der Waals surface area contributed by atoms with Gasteiger partial charge in [-0.05, 0) is 32.3 Å². The number of phenols is 1. The van der Waals surface area contributed by atoms with Crippen molar-refractivity contribution in [3.05, 3.63) is 22.5 Å². The van der Waals surface area contributed by atoms with Crippen molar-refractivity contribution in [1.82, 2.24) is 0 Å². The van der Waals surface area contributed by atoms with E-state index in [9.17, 15) is 9.50 Å². The molecule has 1 saturated carbocycles. The Morgan fingerprint density at radius 3 is 2.31 bits per heavy atom. The van der Waals surface area contributed by atoms with Crippen LogP contribution < -0.4 is 10.5 Å². The van der Waals surface area contributed by atoms with Crippen LogP contribution in [0, 0.1) is 19.7 Å². The fraction of sp³-hybridized carbons (Fsp3) is 0.500. The zero-order chi connectivity index (χ0) is 12.1. The highest BCUT2D eigenvalue weighted by molar-refractivity contribution is 5.58. The summed E-state index contributed by atoms with van der Waals surface area (Å²) < 4.78 is 19.0. The number of benzene rings is 1. The molecule has 1 aromatic carbocycles. The predicted octanol–water partition coefficient (Wildman–Crippen LogP) is 2.10. The van der Waals surface area contributed by atoms with E-state index in [0.717, 1.165) is 12.8 Å². The molecule has 88 valence electrons. The molecule has 0 heterocycles. The molecule has 3 nitrogen and oxygen atoms in total. The topological polar surface area (TPSA) is 55.5 Å². The molecule has 2 rings (SSSR count). The molecule has 0 spiro atoms. The summed E-state index contributed by atoms with van der Waals surface area (Å²) in [6, 6.07) is 0. The Hall–Kier alpha value is -1.29. The van der Waals surface area contributed by atoms with Crippen LogP contribution >= 0.6 is 0 Å². The van der Waals surface area contributed by atoms with Gasteiger partial charge in [0.15, 0.2) is 11.5 Å². The van der Waals surface area contributed by atoms with E-state index >= 15 is 0 Å². The van der Waals surface area contributed by atoms with E-state index in [-0.39, 0.29) is 17.3 Å². The highest BCUT2D eigenvalue weighted by atomic mass is 19.1. The highest BCUT2D eigenvalue weighted by Gasteiger charge is 2.45. The second-order valence-corrected chi connectivity index (χ2v) is 4.48. The molecule has 1 fully saturated rings. The van der Waals surface area contributed by atoms with Crippen molar-refractivity contribution in [2.45, 2.75) is 32.2 Å². The zero-order valence-electron chi connectivity index (χ0n) is 9.72. The first-order valence-corrected chi connectivity index (χ1v) is 5.27. The van der Waals surface area contributed by atoms with Crippen LogP contribution in [-0.2, 0) is 5.54 Å². The van der Waals surface area contributed by atoms with E-state index in [0.29, 0.717) is 16.7 Å². The van der Waals surface area contributed by atoms with Crippen LogP contribution in [0.5, 0.6) is 11.5 Å². The van der Waals surface area contributed by atoms with Crippen LogP contribution in [0.2, 0.25) is 0 Å². The summed E-state index contributed by atoms with van der Waals surface area (Å²) in [7, 11) is 1.41. The second-order valence-electron chi connectivity index (χ2n) is 4.48. The minimum absolute atomic E-state index is 0.0149. The first kappa shape index (κ1) is 11.2. The van der Waals surface area contributed by atoms with E-state index < -0.39 is 5.54 Å². The average molecular weight is 225 g/mol. The largest absolute Gasteiger partial charge is 0.504 e. The van der Waals surface area contributed by atoms with Crippen LogP contribution in [0.15, 0.2) is 0 Å². The number of hydrogen-bond acceptors (Lipinski definition) is 3. The summed E-state index contributed by atoms with van der Waals surface area (Å²) in [5.41, 5.74) is 6.70. The fourth-order valence-corrected chi connectivity index (χ4v) is 2.20. The van der Waals surface area contributed by atoms with Crippen molar-refractivity contribution in [2.75, 3.05) is 7.11 Å². The lowest BCUT2D eigenvalue weighted by molar-refractivity contribution is 0.360. The third-order valence-electron chi connectivity index (χ3n) is 3.32. The molecule has 1 aliphatic rings. The third kappa shape index (κ3) is 1.37. The van der Waals surface area contributed by atoms with Gasteiger partial charge in [0.2, 0.25) is 0 Å². The SMILES string of the molecule is COc1c(C)c(F)c(C)c(C2(N)CC2)c1O. The van der Waals surface area contributed by atoms with Gasteiger partial charge in [-0.25, -0.2) is 4.39 Å². The molecule has 0 atom stereocenters. The maximum absolute atomic E-state index is 13.9. The maximum Gasteiger partial charge on any atom is 0.166 e. The van der Waals surface area contributed by atoms with Crippen molar-refractivity contribution in [2.24, 2.45) is 5.73 Å². The maximum atomic E-state index is 13.9. The third-order valence-corrected chi connectivity index (χ3v) is 3.32. The molecule has 0 aliphatic heterocycles. The van der Waals surface area contributed by atoms with Crippen molar-refractivity contribution < 1.29 is 14.2 Å². The van der Waals surface area contributed by atoms with Gasteiger partial charge in [-0.2, -0.15) is 0 Å². The van der Waals surface area contributed by atoms with Crippen LogP contribution in [0.25, 0.3) is 0 Å². The summed E-state index contributed by atoms with van der Waals surface area (Å²) >= 11 is 0. The highest BCUT2D eigenvalue weighted by Crippen LogP contribution is 2.51. The monoisotopic (exact) mass is 225 g/mol. The van der Waals surface area contributed by atoms with Gasteiger partial charge in [0.1, 0.15) is 5.82 Å². The number of ether oxygens (including phenoxy) is 1. The number of halogens is 1. The van der Waals surface area contributed by atoms with Crippen molar-refractivity contribution >= 4 is 0 Å². The number of rotatable bonds is 2. The molecule has 0 unspecified atom stereocenters. The molecule has 0 radical (unpaired) electrons. The normalized spacial score (nSPS) is 17.3. The standard InChI is InChI=1S/C12H16FNO2/c1-6-8(12(14)4-5-12)10(15)11(16-3)7(2)9(6)13/h15H,4-5,14H2,1-3H3. The van der Waals surface area contributed by atoms with Gasteiger partial charge in [-0.3, -0.25) is 0 Å². The van der Waals surface area contributed by atoms with Crippen molar-refractivity contribution in [1.29, 1.82) is 0 Å². The Labute approximate surface area is 94.0 Å². The van der Waals surface area contributed by atoms with Crippen molar-refractivity contribution in [3.63, 3.8) is 0 Å². The summed E-state index contributed by atoms with van der Waals surface area (Å²) in [6.07, 6.45) is 1.54. The minimum Gasteiger partial charge on any atom is -0.504 e. The van der Waals surface area contributed by atoms with Crippen LogP contribution in [-0.4, -0.2) is 12.2 Å². The molecule has 4 heteroatoms. The summed E-state index contributed by atoms with van der Waals surface area (Å²) in [5, 5.41) is 10.1. The Kier molecular flexibility index (Phi) is 2.35. The lowest BCUT2D eigenvalue weighted by Crippen LogP contribution is -2.21. The van der Waals surface area contributed by atoms with Crippen LogP contribution in [0.1, 0.15) is 29.5 Å². The molecule has 0 bridgehead atoms. The quantitative estimate of drug-likeness (QED) is 0.810. The Morgan fingerprint density at radius 2 is 1.88 bits per heavy atom. The van der Waals surface area contributed by atoms with Gasteiger partial charge >= 0.3 is 0 Å². The Balaban J connectivity index is 2.74. The minimum atomic E-state index is -0.573. The fourth-order valence-electron chi connectivity index (χ4n) is 2.20. The van der Waals surface area contributed by atoms with Crippen LogP contribution in [0.3, 0.4) is 0 Å². The lowest BCUT2D eigenvalue weighted by atomic mass is 9.95. The zero-order valence-corrected chi connectivity index (χ0v) is 9.72. The lowest BCUT2D eigenvalue weighted by Gasteiger charge is -2.19. The molecule has 0 aromatic heterocycles. The average Bonchev–Trinajstić information content (AvgIpc) is 2.95. The van der Waals surface area contributed by atoms with Gasteiger partial charge < -0.3 is 15.6 Å². The number of methoxy groups -OCH3 is 1. The van der Waals surface area contributed by atoms with E-state index in [1.54, 1.807) is 13.8 Å². The number of hydrogen-bond donors (Lipinski definition) is 2. The summed E-state index contributed by atoms with van der Waals surface area (Å²) in [4.78, 5) is 0. The predicted molar refractivity (Wildman–Crippen MR) is 59.2 cm³/mol. The molecule has 1 aromatic rings. The van der Waals surface area contributed by atoms with Gasteiger partial charge in [-0.1, -0.05) is 0 Å². The molecular formula is C12H16FNO2. The number of aromatic hydroxyl groups is 1. The first-order valence-electron chi connectivity index (χ1n) is 5.27. The van der Waals surface area contributed by atoms with E-state index in [4.69, 9.17) is 10.5 Å². The van der Waals surface area contributed by atoms with Crippen LogP contribution in [0.4, 0.5) is 4.39 Å². The summed E-state index contributed by atoms with van der Waals surface area (Å²) in [5.74, 6) is -0.171. The Bertz CT molecular complexity index is 453. The molecular weight excluding hydrogens is 209 g/mol. The van der Waals surface area contributed by atoms with E-state index in [1.165, 1.54) is 7.11 Å². The number of phenolic OH excluding ortho intramolecular Hbond substituents is 1. The Morgan fingerprint density at radius 1 is 1.31 bits per heavy atom. The van der Waals surface area contributed by atoms with E-state index in [1.807, 2.05) is 0 Å². The molecule has 0 amide bonds. The molecule has 3 N–H and O–H groups in total. The van der Waals surface area contributed by atoms with Gasteiger partial charge in [0.25, 0.3) is 0 Å². The van der Waals surface area contributed by atoms with Gasteiger partial charge in [0.05, 0.1) is 7.11 Å². The summed E-state index contributed by atoms with van der Waals surface area (Å²) in [6.45, 7) is 3.23. The smallest absolute Gasteiger partial charge is 0.166 e. The van der Waals surface area contributed by atoms with E-state index in [2.05, 4.69) is 0 Å². The molecule has 0 saturated heterocycles. The number of nitrogens with two attached hydrogens (primary N) is 1. The molecule has 1 aliphatic carbocycles. The molecule has 16 heavy (non-hydrogen) atoms. The van der Waals surface area contributed by atoms with Crippen molar-refractivity contribution in [3.8, 4) is 11.5 Å². The second kappa shape index (κ2) is 3.35. The van der Waals surface area contributed by atoms with Gasteiger partial charge in [-0.15, -0.1) is 0 Å².